The second-order valence-corrected chi connectivity index (χ2v) is 10.5. The first kappa shape index (κ1) is 27.7. The minimum Gasteiger partial charge on any atom is -0.492 e. The first-order valence-corrected chi connectivity index (χ1v) is 13.1. The fourth-order valence-electron chi connectivity index (χ4n) is 4.28. The Labute approximate surface area is 212 Å². The van der Waals surface area contributed by atoms with E-state index in [1.165, 1.54) is 12.1 Å². The van der Waals surface area contributed by atoms with Crippen LogP contribution in [0.4, 0.5) is 11.4 Å². The van der Waals surface area contributed by atoms with Gasteiger partial charge in [-0.15, -0.1) is 0 Å². The molecule has 0 saturated carbocycles. The molecule has 1 spiro atoms. The lowest BCUT2D eigenvalue weighted by Gasteiger charge is -2.39. The van der Waals surface area contributed by atoms with Gasteiger partial charge in [0.25, 0.3) is 5.69 Å². The van der Waals surface area contributed by atoms with Gasteiger partial charge in [-0.05, 0) is 49.7 Å². The zero-order valence-electron chi connectivity index (χ0n) is 20.0. The molecule has 1 fully saturated rings. The number of ether oxygens (including phenoxy) is 2. The Hall–Kier alpha value is -3.91. The number of nitrogens with zero attached hydrogens (tertiary/aromatic N) is 2. The standard InChI is InChI=1S/C21H25N3O6S.C2H2O4/c1-31(27,28)22-17-3-8-20-16(13-17)14-21(30-20)9-2-10-23(15-21)11-12-29-19-6-4-18(5-7-19)24(25)26;3-1(4)2(5)6/h3-8,13,22H,2,9-12,14-15H2,1H3;(H,3,4)(H,5,6). The summed E-state index contributed by atoms with van der Waals surface area (Å²) in [5, 5.41) is 25.5. The lowest BCUT2D eigenvalue weighted by Crippen LogP contribution is -2.52. The van der Waals surface area contributed by atoms with Gasteiger partial charge in [0.2, 0.25) is 10.0 Å². The summed E-state index contributed by atoms with van der Waals surface area (Å²) in [5.41, 5.74) is 1.29. The molecule has 0 aromatic heterocycles. The van der Waals surface area contributed by atoms with Gasteiger partial charge in [0.1, 0.15) is 23.7 Å². The summed E-state index contributed by atoms with van der Waals surface area (Å²) in [6.07, 6.45) is 3.81. The average Bonchev–Trinajstić information content (AvgIpc) is 3.15. The highest BCUT2D eigenvalue weighted by Crippen LogP contribution is 2.41. The van der Waals surface area contributed by atoms with E-state index < -0.39 is 26.9 Å². The summed E-state index contributed by atoms with van der Waals surface area (Å²) in [5.74, 6) is -2.24. The summed E-state index contributed by atoms with van der Waals surface area (Å²) >= 11 is 0. The van der Waals surface area contributed by atoms with Crippen LogP contribution >= 0.6 is 0 Å². The van der Waals surface area contributed by atoms with E-state index in [4.69, 9.17) is 29.3 Å². The number of fused-ring (bicyclic) bond motifs is 1. The number of nitro benzene ring substituents is 1. The number of hydrogen-bond acceptors (Lipinski definition) is 9. The Morgan fingerprint density at radius 3 is 2.46 bits per heavy atom. The molecule has 0 amide bonds. The molecule has 2 aliphatic heterocycles. The monoisotopic (exact) mass is 537 g/mol. The Morgan fingerprint density at radius 2 is 1.86 bits per heavy atom. The molecule has 0 aliphatic carbocycles. The number of aliphatic carboxylic acids is 2. The van der Waals surface area contributed by atoms with Crippen LogP contribution in [0, 0.1) is 10.1 Å². The number of likely N-dealkylation sites (tertiary alicyclic amines) is 1. The molecular weight excluding hydrogens is 510 g/mol. The number of nitro groups is 1. The van der Waals surface area contributed by atoms with Crippen LogP contribution < -0.4 is 14.2 Å². The van der Waals surface area contributed by atoms with Crippen LogP contribution in [0.25, 0.3) is 0 Å². The van der Waals surface area contributed by atoms with Crippen LogP contribution in [0.3, 0.4) is 0 Å². The maximum Gasteiger partial charge on any atom is 0.414 e. The highest BCUT2D eigenvalue weighted by atomic mass is 32.2. The molecule has 1 saturated heterocycles. The zero-order valence-corrected chi connectivity index (χ0v) is 20.8. The van der Waals surface area contributed by atoms with E-state index in [1.54, 1.807) is 18.2 Å². The topological polar surface area (TPSA) is 186 Å². The minimum absolute atomic E-state index is 0.0400. The zero-order chi connectivity index (χ0) is 27.2. The van der Waals surface area contributed by atoms with Crippen LogP contribution in [0.15, 0.2) is 42.5 Å². The number of carboxylic acids is 2. The number of anilines is 1. The maximum atomic E-state index is 11.5. The van der Waals surface area contributed by atoms with Crippen LogP contribution in [0.1, 0.15) is 18.4 Å². The predicted octanol–water partition coefficient (Wildman–Crippen LogP) is 1.97. The van der Waals surface area contributed by atoms with E-state index in [2.05, 4.69) is 9.62 Å². The van der Waals surface area contributed by atoms with E-state index in [9.17, 15) is 18.5 Å². The van der Waals surface area contributed by atoms with Gasteiger partial charge in [-0.2, -0.15) is 0 Å². The van der Waals surface area contributed by atoms with Gasteiger partial charge in [-0.1, -0.05) is 0 Å². The molecule has 2 heterocycles. The molecule has 2 aromatic carbocycles. The fraction of sp³-hybridized carbons (Fsp3) is 0.391. The Morgan fingerprint density at radius 1 is 1.19 bits per heavy atom. The molecule has 0 radical (unpaired) electrons. The third kappa shape index (κ3) is 8.05. The lowest BCUT2D eigenvalue weighted by atomic mass is 9.88. The maximum absolute atomic E-state index is 11.5. The molecule has 37 heavy (non-hydrogen) atoms. The number of nitrogens with one attached hydrogen (secondary N) is 1. The van der Waals surface area contributed by atoms with Crippen LogP contribution in [0.2, 0.25) is 0 Å². The molecule has 2 aliphatic rings. The van der Waals surface area contributed by atoms with Crippen molar-refractivity contribution >= 4 is 33.3 Å². The Kier molecular flexibility index (Phi) is 8.55. The van der Waals surface area contributed by atoms with Crippen molar-refractivity contribution in [1.82, 2.24) is 4.90 Å². The Balaban J connectivity index is 0.000000568. The van der Waals surface area contributed by atoms with E-state index >= 15 is 0 Å². The molecule has 13 nitrogen and oxygen atoms in total. The van der Waals surface area contributed by atoms with Crippen molar-refractivity contribution in [2.24, 2.45) is 0 Å². The predicted molar refractivity (Wildman–Crippen MR) is 132 cm³/mol. The molecule has 1 unspecified atom stereocenters. The largest absolute Gasteiger partial charge is 0.492 e. The third-order valence-corrected chi connectivity index (χ3v) is 6.33. The van der Waals surface area contributed by atoms with Crippen molar-refractivity contribution in [2.45, 2.75) is 24.9 Å². The average molecular weight is 538 g/mol. The fourth-order valence-corrected chi connectivity index (χ4v) is 4.83. The van der Waals surface area contributed by atoms with Gasteiger partial charge in [0.15, 0.2) is 0 Å². The van der Waals surface area contributed by atoms with Gasteiger partial charge < -0.3 is 19.7 Å². The molecule has 3 N–H and O–H groups in total. The van der Waals surface area contributed by atoms with E-state index in [0.717, 1.165) is 56.5 Å². The summed E-state index contributed by atoms with van der Waals surface area (Å²) in [7, 11) is -3.32. The second kappa shape index (κ2) is 11.4. The number of carboxylic acid groups (broad SMARTS) is 2. The third-order valence-electron chi connectivity index (χ3n) is 5.73. The molecular formula is C23H27N3O10S. The smallest absolute Gasteiger partial charge is 0.414 e. The van der Waals surface area contributed by atoms with Crippen LogP contribution in [0.5, 0.6) is 11.5 Å². The number of sulfonamides is 1. The van der Waals surface area contributed by atoms with Crippen molar-refractivity contribution in [2.75, 3.05) is 37.2 Å². The van der Waals surface area contributed by atoms with Crippen molar-refractivity contribution in [1.29, 1.82) is 0 Å². The molecule has 200 valence electrons. The van der Waals surface area contributed by atoms with E-state index in [-0.39, 0.29) is 11.3 Å². The molecule has 0 bridgehead atoms. The van der Waals surface area contributed by atoms with Gasteiger partial charge in [0.05, 0.1) is 11.2 Å². The molecule has 1 atom stereocenters. The quantitative estimate of drug-likeness (QED) is 0.266. The summed E-state index contributed by atoms with van der Waals surface area (Å²) < 4.78 is 37.6. The number of hydrogen-bond donors (Lipinski definition) is 3. The van der Waals surface area contributed by atoms with Crippen molar-refractivity contribution < 1.29 is 42.6 Å². The number of non-ortho nitro benzene ring substituents is 1. The number of rotatable bonds is 7. The number of piperidine rings is 1. The van der Waals surface area contributed by atoms with Crippen LogP contribution in [-0.4, -0.2) is 78.5 Å². The van der Waals surface area contributed by atoms with E-state index in [0.29, 0.717) is 18.0 Å². The highest BCUT2D eigenvalue weighted by molar-refractivity contribution is 7.92. The second-order valence-electron chi connectivity index (χ2n) is 8.75. The first-order valence-electron chi connectivity index (χ1n) is 11.2. The lowest BCUT2D eigenvalue weighted by molar-refractivity contribution is -0.384. The Bertz CT molecular complexity index is 1250. The van der Waals surface area contributed by atoms with Crippen molar-refractivity contribution in [3.8, 4) is 11.5 Å². The van der Waals surface area contributed by atoms with Crippen molar-refractivity contribution in [3.05, 3.63) is 58.1 Å². The van der Waals surface area contributed by atoms with Gasteiger partial charge in [-0.3, -0.25) is 19.7 Å². The molecule has 2 aromatic rings. The van der Waals surface area contributed by atoms with Gasteiger partial charge in [0, 0.05) is 42.9 Å². The highest BCUT2D eigenvalue weighted by Gasteiger charge is 2.42. The van der Waals surface area contributed by atoms with Gasteiger partial charge >= 0.3 is 11.9 Å². The summed E-state index contributed by atoms with van der Waals surface area (Å²) in [6.45, 7) is 2.91. The SMILES string of the molecule is CS(=O)(=O)Nc1ccc2c(c1)CC1(CCCN(CCOc3ccc([N+](=O)[O-])cc3)C1)O2.O=C(O)C(=O)O. The molecule has 14 heteroatoms. The van der Waals surface area contributed by atoms with Crippen LogP contribution in [-0.2, 0) is 26.0 Å². The normalized spacial score (nSPS) is 18.6. The number of benzene rings is 2. The first-order chi connectivity index (χ1) is 17.4. The molecule has 4 rings (SSSR count). The van der Waals surface area contributed by atoms with Gasteiger partial charge in [-0.25, -0.2) is 18.0 Å². The summed E-state index contributed by atoms with van der Waals surface area (Å²) in [6, 6.07) is 11.5. The summed E-state index contributed by atoms with van der Waals surface area (Å²) in [4.78, 5) is 30.8. The van der Waals surface area contributed by atoms with E-state index in [1.807, 2.05) is 12.1 Å². The minimum atomic E-state index is -3.32. The number of carbonyl (C=O) groups is 2. The van der Waals surface area contributed by atoms with Crippen molar-refractivity contribution in [3.63, 3.8) is 0 Å².